The molecule has 3 heterocycles. The third-order valence-electron chi connectivity index (χ3n) is 5.85. The Bertz CT molecular complexity index is 982. The Hall–Kier alpha value is -2.25. The van der Waals surface area contributed by atoms with E-state index in [0.717, 1.165) is 36.9 Å². The normalized spacial score (nSPS) is 25.1. The lowest BCUT2D eigenvalue weighted by Crippen LogP contribution is -2.35. The van der Waals surface area contributed by atoms with Crippen LogP contribution in [0, 0.1) is 5.82 Å². The molecule has 0 unspecified atom stereocenters. The molecule has 5 rings (SSSR count). The molecule has 1 saturated heterocycles. The number of halogens is 1. The SMILES string of the molecule is N[C@H]1C[C@H]2CNCc3c(c(F)cc4c(=O)c(C=O)cn(C5CC5)c34)N2C1. The van der Waals surface area contributed by atoms with E-state index in [0.29, 0.717) is 30.4 Å². The number of carbonyl (C=O) groups is 1. The molecule has 1 aromatic carbocycles. The molecule has 6 nitrogen and oxygen atoms in total. The van der Waals surface area contributed by atoms with Crippen molar-refractivity contribution in [1.29, 1.82) is 0 Å². The summed E-state index contributed by atoms with van der Waals surface area (Å²) in [5.41, 5.74) is 7.95. The second kappa shape index (κ2) is 5.62. The van der Waals surface area contributed by atoms with Crippen molar-refractivity contribution in [2.45, 2.75) is 43.9 Å². The summed E-state index contributed by atoms with van der Waals surface area (Å²) in [6, 6.07) is 1.76. The number of nitrogens with one attached hydrogen (secondary N) is 1. The zero-order valence-electron chi connectivity index (χ0n) is 14.4. The molecule has 0 amide bonds. The summed E-state index contributed by atoms with van der Waals surface area (Å²) < 4.78 is 17.2. The highest BCUT2D eigenvalue weighted by Gasteiger charge is 2.37. The summed E-state index contributed by atoms with van der Waals surface area (Å²) in [5, 5.41) is 3.69. The zero-order chi connectivity index (χ0) is 18.0. The van der Waals surface area contributed by atoms with E-state index >= 15 is 4.39 Å². The molecule has 2 fully saturated rings. The first-order chi connectivity index (χ1) is 12.6. The Morgan fingerprint density at radius 2 is 2.12 bits per heavy atom. The molecule has 3 N–H and O–H groups in total. The molecule has 2 aromatic rings. The molecule has 2 atom stereocenters. The molecule has 0 bridgehead atoms. The summed E-state index contributed by atoms with van der Waals surface area (Å²) in [6.45, 7) is 1.85. The molecule has 136 valence electrons. The minimum absolute atomic E-state index is 0.0194. The summed E-state index contributed by atoms with van der Waals surface area (Å²) in [5.74, 6) is -0.405. The molecular formula is C19H21FN4O2. The van der Waals surface area contributed by atoms with Crippen LogP contribution in [0.4, 0.5) is 10.1 Å². The topological polar surface area (TPSA) is 80.4 Å². The van der Waals surface area contributed by atoms with Gasteiger partial charge in [0.15, 0.2) is 11.7 Å². The highest BCUT2D eigenvalue weighted by Crippen LogP contribution is 2.41. The number of nitrogens with zero attached hydrogens (tertiary/aromatic N) is 2. The van der Waals surface area contributed by atoms with Crippen molar-refractivity contribution in [3.05, 3.63) is 39.4 Å². The van der Waals surface area contributed by atoms with Crippen LogP contribution in [0.5, 0.6) is 0 Å². The van der Waals surface area contributed by atoms with Crippen LogP contribution in [0.1, 0.15) is 41.2 Å². The predicted octanol–water partition coefficient (Wildman–Crippen LogP) is 1.30. The lowest BCUT2D eigenvalue weighted by atomic mass is 10.0. The van der Waals surface area contributed by atoms with Crippen LogP contribution in [0.2, 0.25) is 0 Å². The van der Waals surface area contributed by atoms with Crippen molar-refractivity contribution >= 4 is 22.9 Å². The lowest BCUT2D eigenvalue weighted by molar-refractivity contribution is 0.112. The number of benzene rings is 1. The molecule has 1 aliphatic carbocycles. The van der Waals surface area contributed by atoms with Crippen LogP contribution in [-0.4, -0.2) is 36.0 Å². The van der Waals surface area contributed by atoms with Crippen LogP contribution in [-0.2, 0) is 6.54 Å². The van der Waals surface area contributed by atoms with Gasteiger partial charge in [-0.2, -0.15) is 0 Å². The number of fused-ring (bicyclic) bond motifs is 5. The quantitative estimate of drug-likeness (QED) is 0.793. The number of nitrogens with two attached hydrogens (primary N) is 1. The largest absolute Gasteiger partial charge is 0.363 e. The Morgan fingerprint density at radius 1 is 1.31 bits per heavy atom. The highest BCUT2D eigenvalue weighted by molar-refractivity contribution is 5.92. The molecule has 0 spiro atoms. The summed E-state index contributed by atoms with van der Waals surface area (Å²) in [7, 11) is 0. The fourth-order valence-electron chi connectivity index (χ4n) is 4.57. The van der Waals surface area contributed by atoms with Gasteiger partial charge in [0.1, 0.15) is 5.82 Å². The van der Waals surface area contributed by atoms with Gasteiger partial charge in [0, 0.05) is 54.9 Å². The van der Waals surface area contributed by atoms with Crippen molar-refractivity contribution in [3.8, 4) is 0 Å². The van der Waals surface area contributed by atoms with Gasteiger partial charge in [0.05, 0.1) is 16.8 Å². The van der Waals surface area contributed by atoms with Crippen LogP contribution in [0.15, 0.2) is 17.1 Å². The second-order valence-corrected chi connectivity index (χ2v) is 7.68. The first-order valence-electron chi connectivity index (χ1n) is 9.17. The minimum Gasteiger partial charge on any atom is -0.363 e. The van der Waals surface area contributed by atoms with Gasteiger partial charge in [-0.25, -0.2) is 4.39 Å². The smallest absolute Gasteiger partial charge is 0.200 e. The second-order valence-electron chi connectivity index (χ2n) is 7.68. The Kier molecular flexibility index (Phi) is 3.45. The number of anilines is 1. The Morgan fingerprint density at radius 3 is 2.85 bits per heavy atom. The molecular weight excluding hydrogens is 335 g/mol. The standard InChI is InChI=1S/C19H21FN4O2/c20-16-4-14-17(23(12-1-2-12)7-10(9-25)19(14)26)15-6-22-5-13-3-11(21)8-24(13)18(15)16/h4,7,9,11-13,22H,1-3,5-6,8,21H2/t11-,13-/m0/s1. The van der Waals surface area contributed by atoms with Gasteiger partial charge in [0.25, 0.3) is 0 Å². The van der Waals surface area contributed by atoms with Crippen LogP contribution >= 0.6 is 0 Å². The van der Waals surface area contributed by atoms with Gasteiger partial charge in [-0.1, -0.05) is 0 Å². The van der Waals surface area contributed by atoms with E-state index in [-0.39, 0.29) is 23.7 Å². The molecule has 1 aromatic heterocycles. The lowest BCUT2D eigenvalue weighted by Gasteiger charge is -2.27. The van der Waals surface area contributed by atoms with Crippen molar-refractivity contribution < 1.29 is 9.18 Å². The van der Waals surface area contributed by atoms with Crippen molar-refractivity contribution in [3.63, 3.8) is 0 Å². The van der Waals surface area contributed by atoms with Crippen molar-refractivity contribution in [1.82, 2.24) is 9.88 Å². The van der Waals surface area contributed by atoms with Gasteiger partial charge >= 0.3 is 0 Å². The molecule has 26 heavy (non-hydrogen) atoms. The van der Waals surface area contributed by atoms with Crippen LogP contribution in [0.3, 0.4) is 0 Å². The summed E-state index contributed by atoms with van der Waals surface area (Å²) >= 11 is 0. The highest BCUT2D eigenvalue weighted by atomic mass is 19.1. The number of aromatic nitrogens is 1. The maximum atomic E-state index is 15.2. The zero-order valence-corrected chi connectivity index (χ0v) is 14.4. The van der Waals surface area contributed by atoms with Crippen molar-refractivity contribution in [2.75, 3.05) is 18.0 Å². The molecule has 0 radical (unpaired) electrons. The van der Waals surface area contributed by atoms with E-state index in [2.05, 4.69) is 10.2 Å². The van der Waals surface area contributed by atoms with E-state index in [1.165, 1.54) is 6.07 Å². The van der Waals surface area contributed by atoms with Gasteiger partial charge in [-0.05, 0) is 25.3 Å². The third-order valence-corrected chi connectivity index (χ3v) is 5.85. The van der Waals surface area contributed by atoms with Gasteiger partial charge in [-0.15, -0.1) is 0 Å². The molecule has 1 saturated carbocycles. The fourth-order valence-corrected chi connectivity index (χ4v) is 4.57. The van der Waals surface area contributed by atoms with E-state index in [9.17, 15) is 9.59 Å². The minimum atomic E-state index is -0.405. The first kappa shape index (κ1) is 16.0. The van der Waals surface area contributed by atoms with Gasteiger partial charge in [0.2, 0.25) is 0 Å². The van der Waals surface area contributed by atoms with E-state index < -0.39 is 11.2 Å². The average molecular weight is 356 g/mol. The van der Waals surface area contributed by atoms with Crippen LogP contribution in [0.25, 0.3) is 10.9 Å². The number of hydrogen-bond acceptors (Lipinski definition) is 5. The predicted molar refractivity (Wildman–Crippen MR) is 97.3 cm³/mol. The molecule has 2 aliphatic heterocycles. The van der Waals surface area contributed by atoms with E-state index in [4.69, 9.17) is 5.73 Å². The summed E-state index contributed by atoms with van der Waals surface area (Å²) in [4.78, 5) is 26.1. The number of pyridine rings is 1. The van der Waals surface area contributed by atoms with E-state index in [1.54, 1.807) is 6.20 Å². The fraction of sp³-hybridized carbons (Fsp3) is 0.474. The molecule has 7 heteroatoms. The molecule has 3 aliphatic rings. The van der Waals surface area contributed by atoms with Crippen LogP contribution < -0.4 is 21.4 Å². The Labute approximate surface area is 149 Å². The maximum absolute atomic E-state index is 15.2. The summed E-state index contributed by atoms with van der Waals surface area (Å²) in [6.07, 6.45) is 5.05. The number of hydrogen-bond donors (Lipinski definition) is 2. The average Bonchev–Trinajstić information content (AvgIpc) is 3.41. The number of carbonyl (C=O) groups excluding carboxylic acids is 1. The number of aldehydes is 1. The van der Waals surface area contributed by atoms with E-state index in [1.807, 2.05) is 4.57 Å². The first-order valence-corrected chi connectivity index (χ1v) is 9.17. The monoisotopic (exact) mass is 356 g/mol. The van der Waals surface area contributed by atoms with Crippen molar-refractivity contribution in [2.24, 2.45) is 5.73 Å². The number of rotatable bonds is 2. The Balaban J connectivity index is 1.85. The maximum Gasteiger partial charge on any atom is 0.200 e. The third kappa shape index (κ3) is 2.23. The van der Waals surface area contributed by atoms with Gasteiger partial charge in [-0.3, -0.25) is 9.59 Å². The van der Waals surface area contributed by atoms with Gasteiger partial charge < -0.3 is 20.5 Å².